The van der Waals surface area contributed by atoms with Crippen molar-refractivity contribution in [3.8, 4) is 5.75 Å². The lowest BCUT2D eigenvalue weighted by atomic mass is 10.1. The largest absolute Gasteiger partial charge is 0.489 e. The first-order chi connectivity index (χ1) is 17.5. The molecule has 2 fully saturated rings. The Morgan fingerprint density at radius 1 is 0.833 bits per heavy atom. The highest BCUT2D eigenvalue weighted by Crippen LogP contribution is 2.23. The Morgan fingerprint density at radius 3 is 2.22 bits per heavy atom. The predicted octanol–water partition coefficient (Wildman–Crippen LogP) is 4.04. The summed E-state index contributed by atoms with van der Waals surface area (Å²) < 4.78 is 11.2. The van der Waals surface area contributed by atoms with E-state index in [1.165, 1.54) is 12.5 Å². The average molecular weight is 490 g/mol. The third-order valence-electron chi connectivity index (χ3n) is 6.99. The summed E-state index contributed by atoms with van der Waals surface area (Å²) in [6.45, 7) is 6.10. The molecule has 8 heteroatoms. The first-order valence-electron chi connectivity index (χ1n) is 12.6. The normalized spacial score (nSPS) is 16.3. The van der Waals surface area contributed by atoms with Gasteiger partial charge in [-0.2, -0.15) is 0 Å². The molecule has 2 aromatic carbocycles. The average Bonchev–Trinajstić information content (AvgIpc) is 2.91. The number of likely N-dealkylation sites (tertiary alicyclic amines) is 1. The molecular formula is C28H31N3O5. The van der Waals surface area contributed by atoms with Crippen LogP contribution in [0.2, 0.25) is 0 Å². The molecule has 0 atom stereocenters. The number of urea groups is 1. The van der Waals surface area contributed by atoms with Gasteiger partial charge in [0, 0.05) is 62.4 Å². The fourth-order valence-corrected chi connectivity index (χ4v) is 4.87. The van der Waals surface area contributed by atoms with Gasteiger partial charge in [0.15, 0.2) is 0 Å². The molecule has 0 N–H and O–H groups in total. The summed E-state index contributed by atoms with van der Waals surface area (Å²) in [5.41, 5.74) is 2.53. The van der Waals surface area contributed by atoms with E-state index < -0.39 is 0 Å². The van der Waals surface area contributed by atoms with Crippen LogP contribution in [0.1, 0.15) is 40.7 Å². The van der Waals surface area contributed by atoms with Gasteiger partial charge in [0.25, 0.3) is 5.91 Å². The molecule has 1 aromatic heterocycles. The van der Waals surface area contributed by atoms with Crippen LogP contribution in [-0.2, 0) is 6.61 Å². The summed E-state index contributed by atoms with van der Waals surface area (Å²) in [5, 5.41) is 0.876. The minimum Gasteiger partial charge on any atom is -0.489 e. The highest BCUT2D eigenvalue weighted by atomic mass is 16.5. The van der Waals surface area contributed by atoms with Crippen LogP contribution < -0.4 is 10.4 Å². The monoisotopic (exact) mass is 489 g/mol. The Bertz CT molecular complexity index is 1300. The molecule has 0 bridgehead atoms. The van der Waals surface area contributed by atoms with Gasteiger partial charge in [0.05, 0.1) is 0 Å². The van der Waals surface area contributed by atoms with Gasteiger partial charge in [-0.15, -0.1) is 0 Å². The molecule has 8 nitrogen and oxygen atoms in total. The van der Waals surface area contributed by atoms with Gasteiger partial charge in [-0.1, -0.05) is 12.1 Å². The van der Waals surface area contributed by atoms with Gasteiger partial charge >= 0.3 is 11.7 Å². The van der Waals surface area contributed by atoms with Crippen molar-refractivity contribution >= 4 is 22.9 Å². The van der Waals surface area contributed by atoms with Gasteiger partial charge < -0.3 is 23.9 Å². The second-order valence-corrected chi connectivity index (χ2v) is 9.50. The maximum atomic E-state index is 13.0. The molecule has 3 amide bonds. The lowest BCUT2D eigenvalue weighted by Crippen LogP contribution is -2.54. The zero-order valence-corrected chi connectivity index (χ0v) is 20.6. The van der Waals surface area contributed by atoms with Crippen molar-refractivity contribution in [1.29, 1.82) is 0 Å². The number of nitrogens with zero attached hydrogens (tertiary/aromatic N) is 3. The standard InChI is InChI=1S/C28H31N3O5/c1-20-17-26(32)36-25-18-23(9-10-24(20)25)35-19-21-5-7-22(8-6-21)27(33)29-13-15-31(16-14-29)28(34)30-11-3-2-4-12-30/h5-10,17-18H,2-4,11-16,19H2,1H3. The van der Waals surface area contributed by atoms with Gasteiger partial charge in [0.2, 0.25) is 0 Å². The Balaban J connectivity index is 1.14. The highest BCUT2D eigenvalue weighted by Gasteiger charge is 2.28. The van der Waals surface area contributed by atoms with Gasteiger partial charge in [-0.3, -0.25) is 4.79 Å². The van der Waals surface area contributed by atoms with E-state index in [0.717, 1.165) is 42.4 Å². The number of benzene rings is 2. The van der Waals surface area contributed by atoms with Crippen molar-refractivity contribution in [3.63, 3.8) is 0 Å². The first-order valence-corrected chi connectivity index (χ1v) is 12.6. The first kappa shape index (κ1) is 23.9. The van der Waals surface area contributed by atoms with Gasteiger partial charge in [-0.25, -0.2) is 9.59 Å². The zero-order chi connectivity index (χ0) is 25.1. The molecule has 5 rings (SSSR count). The van der Waals surface area contributed by atoms with Crippen molar-refractivity contribution in [1.82, 2.24) is 14.7 Å². The van der Waals surface area contributed by atoms with Crippen LogP contribution in [0, 0.1) is 6.92 Å². The molecule has 3 heterocycles. The minimum absolute atomic E-state index is 0.0209. The fraction of sp³-hybridized carbons (Fsp3) is 0.393. The Hall–Kier alpha value is -3.81. The highest BCUT2D eigenvalue weighted by molar-refractivity contribution is 5.94. The van der Waals surface area contributed by atoms with E-state index in [4.69, 9.17) is 9.15 Å². The second kappa shape index (κ2) is 10.4. The van der Waals surface area contributed by atoms with Crippen LogP contribution in [0.15, 0.2) is 57.7 Å². The van der Waals surface area contributed by atoms with Crippen molar-refractivity contribution in [2.45, 2.75) is 32.8 Å². The topological polar surface area (TPSA) is 83.3 Å². The summed E-state index contributed by atoms with van der Waals surface area (Å²) in [5.74, 6) is 0.584. The molecule has 0 spiro atoms. The maximum Gasteiger partial charge on any atom is 0.336 e. The number of aryl methyl sites for hydroxylation is 1. The minimum atomic E-state index is -0.382. The molecule has 2 saturated heterocycles. The lowest BCUT2D eigenvalue weighted by molar-refractivity contribution is 0.0633. The zero-order valence-electron chi connectivity index (χ0n) is 20.6. The van der Waals surface area contributed by atoms with Crippen LogP contribution in [-0.4, -0.2) is 65.9 Å². The molecular weight excluding hydrogens is 458 g/mol. The number of carbonyl (C=O) groups excluding carboxylic acids is 2. The molecule has 0 aliphatic carbocycles. The number of hydrogen-bond donors (Lipinski definition) is 0. The summed E-state index contributed by atoms with van der Waals surface area (Å²) in [6.07, 6.45) is 3.34. The van der Waals surface area contributed by atoms with Crippen LogP contribution in [0.4, 0.5) is 4.79 Å². The number of rotatable bonds is 4. The lowest BCUT2D eigenvalue weighted by Gasteiger charge is -2.38. The van der Waals surface area contributed by atoms with E-state index in [-0.39, 0.29) is 17.6 Å². The maximum absolute atomic E-state index is 13.0. The smallest absolute Gasteiger partial charge is 0.336 e. The summed E-state index contributed by atoms with van der Waals surface area (Å²) in [7, 11) is 0. The number of piperazine rings is 1. The molecule has 0 radical (unpaired) electrons. The number of piperidine rings is 1. The molecule has 2 aliphatic heterocycles. The fourth-order valence-electron chi connectivity index (χ4n) is 4.87. The van der Waals surface area contributed by atoms with Gasteiger partial charge in [0.1, 0.15) is 17.9 Å². The van der Waals surface area contributed by atoms with Crippen LogP contribution in [0.25, 0.3) is 11.0 Å². The van der Waals surface area contributed by atoms with E-state index in [1.807, 2.05) is 58.0 Å². The quantitative estimate of drug-likeness (QED) is 0.517. The molecule has 0 saturated carbocycles. The molecule has 3 aromatic rings. The number of hydrogen-bond acceptors (Lipinski definition) is 5. The van der Waals surface area contributed by atoms with Crippen molar-refractivity contribution in [2.24, 2.45) is 0 Å². The SMILES string of the molecule is Cc1cc(=O)oc2cc(OCc3ccc(C(=O)N4CCN(C(=O)N5CCCCC5)CC4)cc3)ccc12. The summed E-state index contributed by atoms with van der Waals surface area (Å²) in [6, 6.07) is 14.4. The van der Waals surface area contributed by atoms with E-state index in [1.54, 1.807) is 6.07 Å². The molecule has 36 heavy (non-hydrogen) atoms. The van der Waals surface area contributed by atoms with Crippen molar-refractivity contribution in [2.75, 3.05) is 39.3 Å². The van der Waals surface area contributed by atoms with E-state index in [0.29, 0.717) is 49.7 Å². The van der Waals surface area contributed by atoms with Crippen LogP contribution in [0.5, 0.6) is 5.75 Å². The third kappa shape index (κ3) is 5.22. The number of amides is 3. The Labute approximate surface area is 210 Å². The van der Waals surface area contributed by atoms with Gasteiger partial charge in [-0.05, 0) is 61.6 Å². The third-order valence-corrected chi connectivity index (χ3v) is 6.99. The van der Waals surface area contributed by atoms with E-state index in [2.05, 4.69) is 0 Å². The summed E-state index contributed by atoms with van der Waals surface area (Å²) in [4.78, 5) is 43.0. The predicted molar refractivity (Wildman–Crippen MR) is 136 cm³/mol. The molecule has 2 aliphatic rings. The number of carbonyl (C=O) groups is 2. The van der Waals surface area contributed by atoms with Crippen LogP contribution >= 0.6 is 0 Å². The Kier molecular flexibility index (Phi) is 6.93. The van der Waals surface area contributed by atoms with Crippen LogP contribution in [0.3, 0.4) is 0 Å². The van der Waals surface area contributed by atoms with Crippen molar-refractivity contribution in [3.05, 3.63) is 75.6 Å². The Morgan fingerprint density at radius 2 is 1.50 bits per heavy atom. The molecule has 188 valence electrons. The summed E-state index contributed by atoms with van der Waals surface area (Å²) >= 11 is 0. The number of ether oxygens (including phenoxy) is 1. The van der Waals surface area contributed by atoms with Crippen molar-refractivity contribution < 1.29 is 18.7 Å². The van der Waals surface area contributed by atoms with E-state index >= 15 is 0 Å². The molecule has 0 unspecified atom stereocenters. The number of fused-ring (bicyclic) bond motifs is 1. The second-order valence-electron chi connectivity index (χ2n) is 9.50. The van der Waals surface area contributed by atoms with E-state index in [9.17, 15) is 14.4 Å².